The van der Waals surface area contributed by atoms with E-state index in [1.807, 2.05) is 17.9 Å². The van der Waals surface area contributed by atoms with Gasteiger partial charge in [-0.3, -0.25) is 9.59 Å². The number of Topliss-reactive ketones (excluding diaryl/α,β-unsaturated/α-hetero) is 1. The fourth-order valence-corrected chi connectivity index (χ4v) is 3.56. The van der Waals surface area contributed by atoms with Gasteiger partial charge >= 0.3 is 0 Å². The van der Waals surface area contributed by atoms with E-state index in [1.165, 1.54) is 5.56 Å². The van der Waals surface area contributed by atoms with Crippen LogP contribution in [0.3, 0.4) is 0 Å². The predicted octanol–water partition coefficient (Wildman–Crippen LogP) is 3.84. The average Bonchev–Trinajstić information content (AvgIpc) is 2.27. The summed E-state index contributed by atoms with van der Waals surface area (Å²) in [6.45, 7) is 11.5. The number of carbonyl (C=O) groups excluding carboxylic acids is 2. The number of aryl methyl sites for hydroxylation is 1. The average molecular weight is 273 g/mol. The molecule has 0 fully saturated rings. The van der Waals surface area contributed by atoms with Crippen LogP contribution in [0.1, 0.15) is 68.4 Å². The maximum absolute atomic E-state index is 12.1. The Morgan fingerprint density at radius 2 is 1.85 bits per heavy atom. The van der Waals surface area contributed by atoms with E-state index in [9.17, 15) is 9.59 Å². The molecule has 108 valence electrons. The molecule has 0 spiro atoms. The summed E-state index contributed by atoms with van der Waals surface area (Å²) in [5.74, 6) is 0.460. The molecule has 1 aromatic carbocycles. The first-order valence-electron chi connectivity index (χ1n) is 7.11. The van der Waals surface area contributed by atoms with E-state index in [1.54, 1.807) is 13.8 Å². The van der Waals surface area contributed by atoms with Gasteiger partial charge in [0.2, 0.25) is 5.91 Å². The Bertz CT molecular complexity index is 587. The smallest absolute Gasteiger partial charge is 0.224 e. The summed E-state index contributed by atoms with van der Waals surface area (Å²) in [7, 11) is 0. The van der Waals surface area contributed by atoms with Crippen molar-refractivity contribution in [2.24, 2.45) is 0 Å². The minimum atomic E-state index is -0.221. The Labute approximate surface area is 121 Å². The van der Waals surface area contributed by atoms with Crippen molar-refractivity contribution in [1.29, 1.82) is 0 Å². The SMILES string of the molecule is CC(=O)c1cc2c(cc1C)C(C)CC(C)(C)N2C(C)=O. The van der Waals surface area contributed by atoms with Crippen LogP contribution >= 0.6 is 0 Å². The molecular weight excluding hydrogens is 250 g/mol. The van der Waals surface area contributed by atoms with Crippen LogP contribution in [0.15, 0.2) is 12.1 Å². The summed E-state index contributed by atoms with van der Waals surface area (Å²) in [6.07, 6.45) is 0.929. The van der Waals surface area contributed by atoms with Gasteiger partial charge in [0.15, 0.2) is 5.78 Å². The highest BCUT2D eigenvalue weighted by Gasteiger charge is 2.39. The number of hydrogen-bond acceptors (Lipinski definition) is 2. The van der Waals surface area contributed by atoms with E-state index >= 15 is 0 Å². The second-order valence-corrected chi connectivity index (χ2v) is 6.55. The number of nitrogens with zero attached hydrogens (tertiary/aromatic N) is 1. The molecule has 0 radical (unpaired) electrons. The van der Waals surface area contributed by atoms with E-state index in [0.29, 0.717) is 11.5 Å². The van der Waals surface area contributed by atoms with Crippen LogP contribution in [0.4, 0.5) is 5.69 Å². The van der Waals surface area contributed by atoms with E-state index < -0.39 is 0 Å². The first-order chi connectivity index (χ1) is 9.15. The Hall–Kier alpha value is -1.64. The lowest BCUT2D eigenvalue weighted by molar-refractivity contribution is -0.117. The maximum atomic E-state index is 12.1. The normalized spacial score (nSPS) is 20.5. The minimum absolute atomic E-state index is 0.0292. The van der Waals surface area contributed by atoms with Crippen molar-refractivity contribution in [2.75, 3.05) is 4.90 Å². The highest BCUT2D eigenvalue weighted by atomic mass is 16.2. The highest BCUT2D eigenvalue weighted by Crippen LogP contribution is 2.44. The lowest BCUT2D eigenvalue weighted by Crippen LogP contribution is -2.50. The van der Waals surface area contributed by atoms with Crippen LogP contribution < -0.4 is 4.90 Å². The zero-order chi connectivity index (χ0) is 15.2. The van der Waals surface area contributed by atoms with Crippen LogP contribution in [0.2, 0.25) is 0 Å². The number of rotatable bonds is 1. The molecule has 0 aromatic heterocycles. The third-order valence-corrected chi connectivity index (χ3v) is 4.25. The molecule has 1 aromatic rings. The molecule has 1 atom stereocenters. The standard InChI is InChI=1S/C17H23NO2/c1-10-7-15-11(2)9-17(5,6)18(13(4)20)16(15)8-14(10)12(3)19/h7-8,11H,9H2,1-6H3. The molecule has 3 nitrogen and oxygen atoms in total. The number of hydrogen-bond donors (Lipinski definition) is 0. The number of carbonyl (C=O) groups is 2. The van der Waals surface area contributed by atoms with Crippen LogP contribution in [0, 0.1) is 6.92 Å². The number of benzene rings is 1. The van der Waals surface area contributed by atoms with Gasteiger partial charge in [-0.1, -0.05) is 13.0 Å². The van der Waals surface area contributed by atoms with E-state index in [2.05, 4.69) is 26.8 Å². The molecule has 20 heavy (non-hydrogen) atoms. The van der Waals surface area contributed by atoms with Crippen LogP contribution in [0.5, 0.6) is 0 Å². The quantitative estimate of drug-likeness (QED) is 0.729. The van der Waals surface area contributed by atoms with E-state index in [4.69, 9.17) is 0 Å². The van der Waals surface area contributed by atoms with Gasteiger partial charge in [0.25, 0.3) is 0 Å². The van der Waals surface area contributed by atoms with Crippen molar-refractivity contribution >= 4 is 17.4 Å². The van der Waals surface area contributed by atoms with Gasteiger partial charge in [-0.2, -0.15) is 0 Å². The van der Waals surface area contributed by atoms with Crippen molar-refractivity contribution in [3.63, 3.8) is 0 Å². The monoisotopic (exact) mass is 273 g/mol. The molecule has 0 saturated heterocycles. The summed E-state index contributed by atoms with van der Waals surface area (Å²) in [6, 6.07) is 3.97. The molecule has 0 bridgehead atoms. The van der Waals surface area contributed by atoms with Crippen LogP contribution in [0.25, 0.3) is 0 Å². The third kappa shape index (κ3) is 2.26. The van der Waals surface area contributed by atoms with Crippen molar-refractivity contribution in [3.8, 4) is 0 Å². The fourth-order valence-electron chi connectivity index (χ4n) is 3.56. The van der Waals surface area contributed by atoms with Gasteiger partial charge in [-0.05, 0) is 57.2 Å². The van der Waals surface area contributed by atoms with E-state index in [0.717, 1.165) is 17.7 Å². The number of fused-ring (bicyclic) bond motifs is 1. The van der Waals surface area contributed by atoms with Crippen LogP contribution in [-0.4, -0.2) is 17.2 Å². The minimum Gasteiger partial charge on any atom is -0.307 e. The topological polar surface area (TPSA) is 37.4 Å². The Balaban J connectivity index is 2.72. The predicted molar refractivity (Wildman–Crippen MR) is 81.5 cm³/mol. The zero-order valence-corrected chi connectivity index (χ0v) is 13.2. The lowest BCUT2D eigenvalue weighted by atomic mass is 9.78. The third-order valence-electron chi connectivity index (χ3n) is 4.25. The molecule has 0 saturated carbocycles. The number of amides is 1. The van der Waals surface area contributed by atoms with Crippen molar-refractivity contribution in [3.05, 3.63) is 28.8 Å². The molecule has 1 aliphatic heterocycles. The van der Waals surface area contributed by atoms with Gasteiger partial charge in [0, 0.05) is 23.7 Å². The highest BCUT2D eigenvalue weighted by molar-refractivity contribution is 6.00. The molecule has 1 unspecified atom stereocenters. The van der Waals surface area contributed by atoms with Gasteiger partial charge in [0.05, 0.1) is 0 Å². The Morgan fingerprint density at radius 1 is 1.25 bits per heavy atom. The fraction of sp³-hybridized carbons (Fsp3) is 0.529. The second-order valence-electron chi connectivity index (χ2n) is 6.55. The molecule has 0 aliphatic carbocycles. The van der Waals surface area contributed by atoms with Crippen LogP contribution in [-0.2, 0) is 4.79 Å². The zero-order valence-electron chi connectivity index (χ0n) is 13.2. The summed E-state index contributed by atoms with van der Waals surface area (Å²) in [5.41, 5.74) is 3.55. The van der Waals surface area contributed by atoms with Gasteiger partial charge in [0.1, 0.15) is 0 Å². The first-order valence-corrected chi connectivity index (χ1v) is 7.11. The number of anilines is 1. The lowest BCUT2D eigenvalue weighted by Gasteiger charge is -2.46. The second kappa shape index (κ2) is 4.72. The van der Waals surface area contributed by atoms with Gasteiger partial charge in [-0.15, -0.1) is 0 Å². The maximum Gasteiger partial charge on any atom is 0.224 e. The summed E-state index contributed by atoms with van der Waals surface area (Å²) in [5, 5.41) is 0. The van der Waals surface area contributed by atoms with Crippen molar-refractivity contribution in [1.82, 2.24) is 0 Å². The Morgan fingerprint density at radius 3 is 2.35 bits per heavy atom. The molecule has 1 aliphatic rings. The number of ketones is 1. The molecule has 1 heterocycles. The summed E-state index contributed by atoms with van der Waals surface area (Å²) < 4.78 is 0. The van der Waals surface area contributed by atoms with Gasteiger partial charge in [-0.25, -0.2) is 0 Å². The summed E-state index contributed by atoms with van der Waals surface area (Å²) >= 11 is 0. The first kappa shape index (κ1) is 14.8. The van der Waals surface area contributed by atoms with Crippen molar-refractivity contribution in [2.45, 2.75) is 59.4 Å². The Kier molecular flexibility index (Phi) is 3.49. The molecule has 0 N–H and O–H groups in total. The molecular formula is C17H23NO2. The molecule has 2 rings (SSSR count). The summed E-state index contributed by atoms with van der Waals surface area (Å²) in [4.78, 5) is 25.7. The molecule has 1 amide bonds. The molecule has 3 heteroatoms. The van der Waals surface area contributed by atoms with Crippen molar-refractivity contribution < 1.29 is 9.59 Å². The van der Waals surface area contributed by atoms with Gasteiger partial charge < -0.3 is 4.90 Å². The van der Waals surface area contributed by atoms with E-state index in [-0.39, 0.29) is 17.2 Å². The largest absolute Gasteiger partial charge is 0.307 e.